The van der Waals surface area contributed by atoms with E-state index < -0.39 is 0 Å². The van der Waals surface area contributed by atoms with Gasteiger partial charge in [-0.1, -0.05) is 25.5 Å². The largest absolute Gasteiger partial charge is 0.451 e. The van der Waals surface area contributed by atoms with E-state index in [9.17, 15) is 9.90 Å². The maximum absolute atomic E-state index is 11.8. The summed E-state index contributed by atoms with van der Waals surface area (Å²) in [6, 6.07) is 0. The van der Waals surface area contributed by atoms with E-state index >= 15 is 0 Å². The molecule has 1 heterocycles. The number of allylic oxidation sites excluding steroid dienone is 1. The van der Waals surface area contributed by atoms with Crippen LogP contribution >= 0.6 is 0 Å². The predicted octanol–water partition coefficient (Wildman–Crippen LogP) is 4.16. The monoisotopic (exact) mass is 342 g/mol. The summed E-state index contributed by atoms with van der Waals surface area (Å²) >= 11 is 0. The first kappa shape index (κ1) is 16.1. The second kappa shape index (κ2) is 5.00. The Hall–Kier alpha value is -1.09. The molecule has 0 bridgehead atoms. The lowest BCUT2D eigenvalue weighted by Crippen LogP contribution is -2.54. The van der Waals surface area contributed by atoms with Crippen LogP contribution in [0.25, 0.3) is 0 Å². The number of rotatable bonds is 0. The van der Waals surface area contributed by atoms with Crippen molar-refractivity contribution < 1.29 is 14.6 Å². The summed E-state index contributed by atoms with van der Waals surface area (Å²) in [5, 5.41) is 10.1. The van der Waals surface area contributed by atoms with Crippen LogP contribution in [0.15, 0.2) is 23.8 Å². The normalized spacial score (nSPS) is 53.9. The molecule has 7 atom stereocenters. The van der Waals surface area contributed by atoms with Gasteiger partial charge in [0.1, 0.15) is 5.60 Å². The molecule has 0 aromatic carbocycles. The van der Waals surface area contributed by atoms with Crippen LogP contribution in [0, 0.1) is 28.6 Å². The number of esters is 1. The lowest BCUT2D eigenvalue weighted by molar-refractivity contribution is -0.162. The fourth-order valence-electron chi connectivity index (χ4n) is 7.57. The van der Waals surface area contributed by atoms with Crippen molar-refractivity contribution in [1.29, 1.82) is 0 Å². The Morgan fingerprint density at radius 1 is 1.12 bits per heavy atom. The molecule has 3 fully saturated rings. The maximum atomic E-state index is 11.8. The van der Waals surface area contributed by atoms with Gasteiger partial charge in [0.25, 0.3) is 0 Å². The molecular formula is C22H30O3. The minimum Gasteiger partial charge on any atom is -0.451 e. The zero-order chi connectivity index (χ0) is 17.4. The van der Waals surface area contributed by atoms with Crippen molar-refractivity contribution in [2.45, 2.75) is 76.9 Å². The summed E-state index contributed by atoms with van der Waals surface area (Å²) in [5.74, 6) is 1.93. The third kappa shape index (κ3) is 1.94. The molecule has 1 spiro atoms. The second-order valence-electron chi connectivity index (χ2n) is 9.79. The maximum Gasteiger partial charge on any atom is 0.331 e. The van der Waals surface area contributed by atoms with Gasteiger partial charge in [-0.3, -0.25) is 0 Å². The van der Waals surface area contributed by atoms with Crippen LogP contribution in [0.4, 0.5) is 0 Å². The minimum atomic E-state index is -0.340. The van der Waals surface area contributed by atoms with Crippen molar-refractivity contribution in [3.63, 3.8) is 0 Å². The number of hydrogen-bond donors (Lipinski definition) is 1. The van der Waals surface area contributed by atoms with Crippen LogP contribution in [-0.2, 0) is 9.53 Å². The number of aliphatic hydroxyl groups excluding tert-OH is 1. The van der Waals surface area contributed by atoms with Gasteiger partial charge in [0.05, 0.1) is 6.10 Å². The highest BCUT2D eigenvalue weighted by atomic mass is 16.6. The minimum absolute atomic E-state index is 0.0900. The fraction of sp³-hybridized carbons (Fsp3) is 0.773. The molecule has 5 rings (SSSR count). The molecule has 0 amide bonds. The standard InChI is InChI=1S/C22H30O3/c1-20-9-5-15(23)13-14(20)3-4-16-17(20)6-10-21(2)18(16)7-11-22(21)12-8-19(24)25-22/h3,8,12,15-18,23H,4-7,9-11,13H2,1-2H3/t15?,16?,17?,18?,20-,21-,22+/m0/s1. The van der Waals surface area contributed by atoms with Gasteiger partial charge in [-0.15, -0.1) is 0 Å². The molecule has 0 aromatic rings. The van der Waals surface area contributed by atoms with E-state index in [1.165, 1.54) is 18.4 Å². The van der Waals surface area contributed by atoms with Crippen molar-refractivity contribution in [3.8, 4) is 0 Å². The molecule has 4 unspecified atom stereocenters. The Kier molecular flexibility index (Phi) is 3.22. The fourth-order valence-corrected chi connectivity index (χ4v) is 7.57. The summed E-state index contributed by atoms with van der Waals surface area (Å²) in [4.78, 5) is 11.8. The van der Waals surface area contributed by atoms with Crippen molar-refractivity contribution >= 4 is 5.97 Å². The highest BCUT2D eigenvalue weighted by molar-refractivity contribution is 5.85. The van der Waals surface area contributed by atoms with Crippen molar-refractivity contribution in [3.05, 3.63) is 23.8 Å². The zero-order valence-electron chi connectivity index (χ0n) is 15.5. The van der Waals surface area contributed by atoms with E-state index in [0.717, 1.165) is 44.4 Å². The van der Waals surface area contributed by atoms with Crippen LogP contribution in [0.3, 0.4) is 0 Å². The molecule has 0 saturated heterocycles. The Labute approximate surface area is 150 Å². The summed E-state index contributed by atoms with van der Waals surface area (Å²) in [6.45, 7) is 4.85. The molecule has 1 N–H and O–H groups in total. The summed E-state index contributed by atoms with van der Waals surface area (Å²) in [7, 11) is 0. The molecule has 25 heavy (non-hydrogen) atoms. The SMILES string of the molecule is C[C@]12CCC(O)CC1=CCC1C2CC[C@@]2(C)C1CC[C@@]21C=CC(=O)O1. The van der Waals surface area contributed by atoms with Crippen LogP contribution < -0.4 is 0 Å². The van der Waals surface area contributed by atoms with E-state index in [0.29, 0.717) is 11.8 Å². The topological polar surface area (TPSA) is 46.5 Å². The van der Waals surface area contributed by atoms with Crippen LogP contribution in [0.2, 0.25) is 0 Å². The molecule has 3 heteroatoms. The van der Waals surface area contributed by atoms with Gasteiger partial charge in [0, 0.05) is 11.5 Å². The van der Waals surface area contributed by atoms with Gasteiger partial charge in [0.15, 0.2) is 0 Å². The molecule has 0 aromatic heterocycles. The third-order valence-corrected chi connectivity index (χ3v) is 9.03. The number of ether oxygens (including phenoxy) is 1. The Morgan fingerprint density at radius 2 is 1.92 bits per heavy atom. The van der Waals surface area contributed by atoms with E-state index in [4.69, 9.17) is 4.74 Å². The summed E-state index contributed by atoms with van der Waals surface area (Å²) < 4.78 is 5.91. The first-order chi connectivity index (χ1) is 11.9. The van der Waals surface area contributed by atoms with Crippen molar-refractivity contribution in [1.82, 2.24) is 0 Å². The Balaban J connectivity index is 1.50. The van der Waals surface area contributed by atoms with Crippen LogP contribution in [0.1, 0.15) is 65.2 Å². The molecule has 5 aliphatic rings. The lowest BCUT2D eigenvalue weighted by atomic mass is 9.47. The van der Waals surface area contributed by atoms with E-state index in [-0.39, 0.29) is 28.5 Å². The lowest BCUT2D eigenvalue weighted by Gasteiger charge is -2.58. The molecule has 136 valence electrons. The zero-order valence-corrected chi connectivity index (χ0v) is 15.5. The van der Waals surface area contributed by atoms with Gasteiger partial charge in [-0.25, -0.2) is 4.79 Å². The average Bonchev–Trinajstić information content (AvgIpc) is 3.10. The van der Waals surface area contributed by atoms with Gasteiger partial charge in [0.2, 0.25) is 0 Å². The smallest absolute Gasteiger partial charge is 0.331 e. The highest BCUT2D eigenvalue weighted by Gasteiger charge is 2.65. The third-order valence-electron chi connectivity index (χ3n) is 9.03. The predicted molar refractivity (Wildman–Crippen MR) is 95.7 cm³/mol. The number of hydrogen-bond acceptors (Lipinski definition) is 3. The Bertz CT molecular complexity index is 679. The van der Waals surface area contributed by atoms with Crippen molar-refractivity contribution in [2.75, 3.05) is 0 Å². The van der Waals surface area contributed by atoms with Crippen LogP contribution in [-0.4, -0.2) is 22.8 Å². The molecule has 3 nitrogen and oxygen atoms in total. The second-order valence-corrected chi connectivity index (χ2v) is 9.79. The van der Waals surface area contributed by atoms with Crippen LogP contribution in [0.5, 0.6) is 0 Å². The Morgan fingerprint density at radius 3 is 2.68 bits per heavy atom. The van der Waals surface area contributed by atoms with Gasteiger partial charge >= 0.3 is 5.97 Å². The molecule has 0 radical (unpaired) electrons. The average molecular weight is 342 g/mol. The molecule has 1 aliphatic heterocycles. The number of carbonyl (C=O) groups excluding carboxylic acids is 1. The summed E-state index contributed by atoms with van der Waals surface area (Å²) in [6.07, 6.45) is 14.7. The van der Waals surface area contributed by atoms with Crippen molar-refractivity contribution in [2.24, 2.45) is 28.6 Å². The highest BCUT2D eigenvalue weighted by Crippen LogP contribution is 2.68. The molecular weight excluding hydrogens is 312 g/mol. The first-order valence-corrected chi connectivity index (χ1v) is 10.2. The number of aliphatic hydroxyl groups is 1. The number of carbonyl (C=O) groups is 1. The molecule has 4 aliphatic carbocycles. The van der Waals surface area contributed by atoms with Gasteiger partial charge < -0.3 is 9.84 Å². The quantitative estimate of drug-likeness (QED) is 0.531. The van der Waals surface area contributed by atoms with Gasteiger partial charge in [-0.2, -0.15) is 0 Å². The van der Waals surface area contributed by atoms with Gasteiger partial charge in [-0.05, 0) is 80.6 Å². The number of fused-ring (bicyclic) bond motifs is 6. The summed E-state index contributed by atoms with van der Waals surface area (Å²) in [5.41, 5.74) is 1.55. The first-order valence-electron chi connectivity index (χ1n) is 10.2. The van der Waals surface area contributed by atoms with E-state index in [1.54, 1.807) is 6.08 Å². The molecule has 3 saturated carbocycles. The van der Waals surface area contributed by atoms with E-state index in [1.807, 2.05) is 0 Å². The van der Waals surface area contributed by atoms with E-state index in [2.05, 4.69) is 26.0 Å².